The molecular weight excluding hydrogens is 260 g/mol. The standard InChI is InChI=1S/C17H16N4/c1-12(17-20-15-7-2-3-8-16(15)21-17)19-11-14-6-4-5-13(9-14)10-18/h2-9,12,19H,11H2,1H3,(H,20,21). The first-order chi connectivity index (χ1) is 10.3. The quantitative estimate of drug-likeness (QED) is 0.768. The highest BCUT2D eigenvalue weighted by atomic mass is 15.0. The Bertz CT molecular complexity index is 765. The van der Waals surface area contributed by atoms with Crippen LogP contribution in [0.2, 0.25) is 0 Å². The van der Waals surface area contributed by atoms with Gasteiger partial charge in [-0.2, -0.15) is 5.26 Å². The van der Waals surface area contributed by atoms with Gasteiger partial charge in [0, 0.05) is 6.54 Å². The van der Waals surface area contributed by atoms with Crippen LogP contribution in [0.5, 0.6) is 0 Å². The van der Waals surface area contributed by atoms with E-state index in [-0.39, 0.29) is 6.04 Å². The van der Waals surface area contributed by atoms with Gasteiger partial charge in [0.1, 0.15) is 5.82 Å². The van der Waals surface area contributed by atoms with Crippen LogP contribution < -0.4 is 5.32 Å². The molecule has 21 heavy (non-hydrogen) atoms. The summed E-state index contributed by atoms with van der Waals surface area (Å²) in [5.41, 5.74) is 3.81. The topological polar surface area (TPSA) is 64.5 Å². The van der Waals surface area contributed by atoms with Gasteiger partial charge in [-0.15, -0.1) is 0 Å². The number of nitrogens with one attached hydrogen (secondary N) is 2. The number of aromatic nitrogens is 2. The number of fused-ring (bicyclic) bond motifs is 1. The van der Waals surface area contributed by atoms with E-state index in [2.05, 4.69) is 28.3 Å². The number of nitriles is 1. The Balaban J connectivity index is 1.71. The normalized spacial score (nSPS) is 12.2. The van der Waals surface area contributed by atoms with Crippen LogP contribution in [0.15, 0.2) is 48.5 Å². The highest BCUT2D eigenvalue weighted by Crippen LogP contribution is 2.16. The molecule has 1 heterocycles. The summed E-state index contributed by atoms with van der Waals surface area (Å²) in [6.07, 6.45) is 0. The van der Waals surface area contributed by atoms with Gasteiger partial charge in [-0.25, -0.2) is 4.98 Å². The molecule has 1 aromatic heterocycles. The van der Waals surface area contributed by atoms with Crippen LogP contribution >= 0.6 is 0 Å². The number of aromatic amines is 1. The van der Waals surface area contributed by atoms with Gasteiger partial charge in [-0.3, -0.25) is 0 Å². The van der Waals surface area contributed by atoms with Crippen molar-refractivity contribution >= 4 is 11.0 Å². The maximum Gasteiger partial charge on any atom is 0.124 e. The molecule has 4 heteroatoms. The van der Waals surface area contributed by atoms with Crippen molar-refractivity contribution in [1.29, 1.82) is 5.26 Å². The molecular formula is C17H16N4. The molecule has 0 spiro atoms. The number of para-hydroxylation sites is 2. The number of hydrogen-bond acceptors (Lipinski definition) is 3. The summed E-state index contributed by atoms with van der Waals surface area (Å²) in [6.45, 7) is 2.78. The molecule has 0 aliphatic carbocycles. The van der Waals surface area contributed by atoms with E-state index in [1.807, 2.05) is 48.5 Å². The van der Waals surface area contributed by atoms with E-state index >= 15 is 0 Å². The van der Waals surface area contributed by atoms with Gasteiger partial charge in [0.05, 0.1) is 28.7 Å². The minimum absolute atomic E-state index is 0.114. The zero-order valence-corrected chi connectivity index (χ0v) is 11.8. The van der Waals surface area contributed by atoms with Crippen LogP contribution in [0.1, 0.15) is 29.9 Å². The summed E-state index contributed by atoms with van der Waals surface area (Å²) in [5, 5.41) is 12.3. The fourth-order valence-corrected chi connectivity index (χ4v) is 2.30. The van der Waals surface area contributed by atoms with E-state index in [4.69, 9.17) is 5.26 Å². The smallest absolute Gasteiger partial charge is 0.124 e. The summed E-state index contributed by atoms with van der Waals surface area (Å²) >= 11 is 0. The Morgan fingerprint density at radius 2 is 2.10 bits per heavy atom. The van der Waals surface area contributed by atoms with Crippen LogP contribution in [-0.2, 0) is 6.54 Å². The minimum Gasteiger partial charge on any atom is -0.341 e. The highest BCUT2D eigenvalue weighted by Gasteiger charge is 2.10. The van der Waals surface area contributed by atoms with Crippen molar-refractivity contribution in [3.63, 3.8) is 0 Å². The Morgan fingerprint density at radius 1 is 1.24 bits per heavy atom. The first kappa shape index (κ1) is 13.3. The monoisotopic (exact) mass is 276 g/mol. The maximum absolute atomic E-state index is 8.91. The number of rotatable bonds is 4. The lowest BCUT2D eigenvalue weighted by atomic mass is 10.1. The van der Waals surface area contributed by atoms with E-state index in [1.165, 1.54) is 0 Å². The van der Waals surface area contributed by atoms with E-state index in [0.29, 0.717) is 12.1 Å². The van der Waals surface area contributed by atoms with Gasteiger partial charge >= 0.3 is 0 Å². The molecule has 4 nitrogen and oxygen atoms in total. The van der Waals surface area contributed by atoms with Crippen molar-refractivity contribution in [2.24, 2.45) is 0 Å². The second-order valence-corrected chi connectivity index (χ2v) is 5.05. The Morgan fingerprint density at radius 3 is 2.90 bits per heavy atom. The molecule has 0 fully saturated rings. The summed E-state index contributed by atoms with van der Waals surface area (Å²) in [5.74, 6) is 0.924. The first-order valence-corrected chi connectivity index (χ1v) is 6.93. The van der Waals surface area contributed by atoms with Gasteiger partial charge in [0.25, 0.3) is 0 Å². The molecule has 3 aromatic rings. The van der Waals surface area contributed by atoms with Crippen LogP contribution in [0.3, 0.4) is 0 Å². The fourth-order valence-electron chi connectivity index (χ4n) is 2.30. The number of benzene rings is 2. The zero-order valence-electron chi connectivity index (χ0n) is 11.8. The molecule has 0 saturated heterocycles. The number of hydrogen-bond donors (Lipinski definition) is 2. The number of H-pyrrole nitrogens is 1. The van der Waals surface area contributed by atoms with Gasteiger partial charge in [0.15, 0.2) is 0 Å². The predicted octanol–water partition coefficient (Wildman–Crippen LogP) is 3.29. The molecule has 1 atom stereocenters. The molecule has 0 radical (unpaired) electrons. The largest absolute Gasteiger partial charge is 0.341 e. The molecule has 0 bridgehead atoms. The average Bonchev–Trinajstić information content (AvgIpc) is 2.97. The van der Waals surface area contributed by atoms with Gasteiger partial charge in [0.2, 0.25) is 0 Å². The molecule has 0 saturated carbocycles. The molecule has 0 amide bonds. The summed E-state index contributed by atoms with van der Waals surface area (Å²) in [7, 11) is 0. The van der Waals surface area contributed by atoms with Crippen molar-refractivity contribution < 1.29 is 0 Å². The first-order valence-electron chi connectivity index (χ1n) is 6.93. The molecule has 2 N–H and O–H groups in total. The molecule has 0 aliphatic rings. The lowest BCUT2D eigenvalue weighted by Crippen LogP contribution is -2.19. The molecule has 104 valence electrons. The van der Waals surface area contributed by atoms with Crippen molar-refractivity contribution in [2.75, 3.05) is 0 Å². The summed E-state index contributed by atoms with van der Waals surface area (Å²) in [6, 6.07) is 17.9. The number of nitrogens with zero attached hydrogens (tertiary/aromatic N) is 2. The lowest BCUT2D eigenvalue weighted by molar-refractivity contribution is 0.552. The van der Waals surface area contributed by atoms with E-state index in [9.17, 15) is 0 Å². The van der Waals surface area contributed by atoms with Crippen LogP contribution in [-0.4, -0.2) is 9.97 Å². The van der Waals surface area contributed by atoms with Crippen molar-refractivity contribution in [1.82, 2.24) is 15.3 Å². The van der Waals surface area contributed by atoms with Crippen LogP contribution in [0, 0.1) is 11.3 Å². The van der Waals surface area contributed by atoms with Gasteiger partial charge < -0.3 is 10.3 Å². The molecule has 3 rings (SSSR count). The zero-order chi connectivity index (χ0) is 14.7. The molecule has 1 unspecified atom stereocenters. The molecule has 2 aromatic carbocycles. The molecule has 0 aliphatic heterocycles. The third-order valence-corrected chi connectivity index (χ3v) is 3.49. The van der Waals surface area contributed by atoms with Gasteiger partial charge in [-0.1, -0.05) is 24.3 Å². The minimum atomic E-state index is 0.114. The summed E-state index contributed by atoms with van der Waals surface area (Å²) < 4.78 is 0. The third-order valence-electron chi connectivity index (χ3n) is 3.49. The van der Waals surface area contributed by atoms with Crippen LogP contribution in [0.25, 0.3) is 11.0 Å². The van der Waals surface area contributed by atoms with Crippen molar-refractivity contribution in [3.05, 3.63) is 65.5 Å². The van der Waals surface area contributed by atoms with Crippen molar-refractivity contribution in [2.45, 2.75) is 19.5 Å². The lowest BCUT2D eigenvalue weighted by Gasteiger charge is -2.11. The van der Waals surface area contributed by atoms with E-state index in [0.717, 1.165) is 22.4 Å². The predicted molar refractivity (Wildman–Crippen MR) is 82.5 cm³/mol. The maximum atomic E-state index is 8.91. The average molecular weight is 276 g/mol. The van der Waals surface area contributed by atoms with E-state index < -0.39 is 0 Å². The Kier molecular flexibility index (Phi) is 3.67. The van der Waals surface area contributed by atoms with Gasteiger partial charge in [-0.05, 0) is 36.8 Å². The van der Waals surface area contributed by atoms with Crippen LogP contribution in [0.4, 0.5) is 0 Å². The SMILES string of the molecule is CC(NCc1cccc(C#N)c1)c1nc2ccccc2[nH]1. The Labute approximate surface area is 123 Å². The third kappa shape index (κ3) is 2.93. The van der Waals surface area contributed by atoms with E-state index in [1.54, 1.807) is 0 Å². The van der Waals surface area contributed by atoms with Crippen molar-refractivity contribution in [3.8, 4) is 6.07 Å². The second kappa shape index (κ2) is 5.78. The Hall–Kier alpha value is -2.64. The number of imidazole rings is 1. The highest BCUT2D eigenvalue weighted by molar-refractivity contribution is 5.74. The summed E-state index contributed by atoms with van der Waals surface area (Å²) in [4.78, 5) is 7.92. The fraction of sp³-hybridized carbons (Fsp3) is 0.176. The second-order valence-electron chi connectivity index (χ2n) is 5.05.